The summed E-state index contributed by atoms with van der Waals surface area (Å²) in [5.41, 5.74) is 14.4. The van der Waals surface area contributed by atoms with E-state index in [1.807, 2.05) is 0 Å². The molecule has 10 rings (SSSR count). The minimum atomic E-state index is -0.153. The third-order valence-electron chi connectivity index (χ3n) is 11.6. The van der Waals surface area contributed by atoms with Gasteiger partial charge in [-0.3, -0.25) is 0 Å². The van der Waals surface area contributed by atoms with Crippen molar-refractivity contribution < 1.29 is 0 Å². The fourth-order valence-electron chi connectivity index (χ4n) is 8.59. The van der Waals surface area contributed by atoms with Gasteiger partial charge in [0.25, 0.3) is 0 Å². The van der Waals surface area contributed by atoms with Gasteiger partial charge in [0.2, 0.25) is 0 Å². The monoisotopic (exact) mass is 730 g/mol. The van der Waals surface area contributed by atoms with Crippen molar-refractivity contribution in [2.45, 2.75) is 19.3 Å². The van der Waals surface area contributed by atoms with Crippen molar-refractivity contribution in [3.05, 3.63) is 229 Å². The van der Waals surface area contributed by atoms with E-state index in [9.17, 15) is 0 Å². The maximum atomic E-state index is 2.39. The van der Waals surface area contributed by atoms with Gasteiger partial charge in [-0.1, -0.05) is 159 Å². The Hall–Kier alpha value is -7.16. The molecule has 0 aromatic heterocycles. The van der Waals surface area contributed by atoms with Crippen molar-refractivity contribution in [1.82, 2.24) is 0 Å². The van der Waals surface area contributed by atoms with Crippen LogP contribution in [0.2, 0.25) is 0 Å². The molecule has 0 unspecified atom stereocenters. The van der Waals surface area contributed by atoms with Crippen molar-refractivity contribution in [2.24, 2.45) is 0 Å². The van der Waals surface area contributed by atoms with Gasteiger partial charge in [-0.15, -0.1) is 0 Å². The minimum Gasteiger partial charge on any atom is -0.310 e. The van der Waals surface area contributed by atoms with Gasteiger partial charge in [-0.2, -0.15) is 0 Å². The normalized spacial score (nSPS) is 12.8. The predicted molar refractivity (Wildman–Crippen MR) is 244 cm³/mol. The third-order valence-corrected chi connectivity index (χ3v) is 11.6. The van der Waals surface area contributed by atoms with E-state index in [0.717, 1.165) is 39.7 Å². The summed E-state index contributed by atoms with van der Waals surface area (Å²) in [7, 11) is 0. The summed E-state index contributed by atoms with van der Waals surface area (Å²) in [5.74, 6) is 0. The lowest BCUT2D eigenvalue weighted by atomic mass is 9.81. The Kier molecular flexibility index (Phi) is 8.53. The number of rotatable bonds is 8. The van der Waals surface area contributed by atoms with Crippen LogP contribution in [0.25, 0.3) is 44.8 Å². The summed E-state index contributed by atoms with van der Waals surface area (Å²) in [6.45, 7) is 4.72. The highest BCUT2D eigenvalue weighted by atomic mass is 15.1. The lowest BCUT2D eigenvalue weighted by Crippen LogP contribution is -2.16. The fourth-order valence-corrected chi connectivity index (χ4v) is 8.59. The minimum absolute atomic E-state index is 0.153. The number of benzene rings is 9. The van der Waals surface area contributed by atoms with Crippen LogP contribution in [0, 0.1) is 0 Å². The summed E-state index contributed by atoms with van der Waals surface area (Å²) in [6, 6.07) is 74.7. The zero-order chi connectivity index (χ0) is 38.3. The molecular weight excluding hydrogens is 689 g/mol. The first-order valence-electron chi connectivity index (χ1n) is 19.8. The van der Waals surface area contributed by atoms with Crippen LogP contribution in [-0.2, 0) is 5.41 Å². The molecule has 0 atom stereocenters. The summed E-state index contributed by atoms with van der Waals surface area (Å²) in [6.07, 6.45) is 4.48. The second kappa shape index (κ2) is 14.2. The molecule has 2 nitrogen and oxygen atoms in total. The van der Waals surface area contributed by atoms with Gasteiger partial charge in [0.15, 0.2) is 0 Å². The van der Waals surface area contributed by atoms with E-state index in [0.29, 0.717) is 0 Å². The van der Waals surface area contributed by atoms with Crippen molar-refractivity contribution in [3.63, 3.8) is 0 Å². The van der Waals surface area contributed by atoms with Gasteiger partial charge in [-0.05, 0) is 128 Å². The Morgan fingerprint density at radius 3 is 1.28 bits per heavy atom. The molecule has 0 aliphatic heterocycles. The number of hydrogen-bond donors (Lipinski definition) is 0. The average Bonchev–Trinajstić information content (AvgIpc) is 3.49. The van der Waals surface area contributed by atoms with Gasteiger partial charge >= 0.3 is 0 Å². The van der Waals surface area contributed by atoms with Crippen molar-refractivity contribution in [3.8, 4) is 11.1 Å². The maximum Gasteiger partial charge on any atom is 0.0468 e. The summed E-state index contributed by atoms with van der Waals surface area (Å²) >= 11 is 0. The number of fused-ring (bicyclic) bond motifs is 5. The van der Waals surface area contributed by atoms with Crippen LogP contribution in [0.5, 0.6) is 0 Å². The summed E-state index contributed by atoms with van der Waals surface area (Å²) in [5, 5.41) is 4.92. The molecular formula is C55H42N2. The largest absolute Gasteiger partial charge is 0.310 e. The molecule has 272 valence electrons. The molecule has 0 radical (unpaired) electrons. The van der Waals surface area contributed by atoms with Gasteiger partial charge < -0.3 is 9.80 Å². The van der Waals surface area contributed by atoms with Crippen molar-refractivity contribution in [1.29, 1.82) is 0 Å². The molecule has 0 N–H and O–H groups in total. The van der Waals surface area contributed by atoms with E-state index in [-0.39, 0.29) is 5.41 Å². The van der Waals surface area contributed by atoms with Crippen LogP contribution < -0.4 is 9.80 Å². The van der Waals surface area contributed by atoms with Crippen LogP contribution in [0.4, 0.5) is 34.1 Å². The molecule has 0 spiro atoms. The summed E-state index contributed by atoms with van der Waals surface area (Å²) < 4.78 is 0. The Morgan fingerprint density at radius 1 is 0.316 bits per heavy atom. The molecule has 9 aromatic carbocycles. The van der Waals surface area contributed by atoms with E-state index in [4.69, 9.17) is 0 Å². The first-order valence-corrected chi connectivity index (χ1v) is 19.8. The fraction of sp³-hybridized carbons (Fsp3) is 0.0545. The number of anilines is 6. The van der Waals surface area contributed by atoms with E-state index in [1.54, 1.807) is 0 Å². The first kappa shape index (κ1) is 34.3. The highest BCUT2D eigenvalue weighted by Crippen LogP contribution is 2.51. The first-order chi connectivity index (χ1) is 28.0. The Bertz CT molecular complexity index is 2810. The second-order valence-corrected chi connectivity index (χ2v) is 15.5. The van der Waals surface area contributed by atoms with Gasteiger partial charge in [0.05, 0.1) is 0 Å². The van der Waals surface area contributed by atoms with Crippen LogP contribution in [-0.4, -0.2) is 0 Å². The molecule has 0 heterocycles. The Labute approximate surface area is 335 Å². The van der Waals surface area contributed by atoms with Crippen LogP contribution in [0.1, 0.15) is 36.1 Å². The smallest absolute Gasteiger partial charge is 0.0468 e. The van der Waals surface area contributed by atoms with Gasteiger partial charge in [-0.25, -0.2) is 0 Å². The Balaban J connectivity index is 0.948. The van der Waals surface area contributed by atoms with Crippen LogP contribution in [0.15, 0.2) is 206 Å². The van der Waals surface area contributed by atoms with Gasteiger partial charge in [0.1, 0.15) is 0 Å². The average molecular weight is 731 g/mol. The highest BCUT2D eigenvalue weighted by Gasteiger charge is 2.36. The van der Waals surface area contributed by atoms with E-state index >= 15 is 0 Å². The van der Waals surface area contributed by atoms with Crippen molar-refractivity contribution in [2.75, 3.05) is 9.80 Å². The Morgan fingerprint density at radius 2 is 0.702 bits per heavy atom. The second-order valence-electron chi connectivity index (χ2n) is 15.5. The maximum absolute atomic E-state index is 2.39. The molecule has 0 saturated carbocycles. The quantitative estimate of drug-likeness (QED) is 0.144. The van der Waals surface area contributed by atoms with Crippen LogP contribution >= 0.6 is 0 Å². The lowest BCUT2D eigenvalue weighted by molar-refractivity contribution is 0.660. The van der Waals surface area contributed by atoms with Crippen molar-refractivity contribution >= 4 is 67.8 Å². The van der Waals surface area contributed by atoms with Gasteiger partial charge in [0, 0.05) is 39.5 Å². The van der Waals surface area contributed by atoms with E-state index < -0.39 is 0 Å². The topological polar surface area (TPSA) is 6.48 Å². The third kappa shape index (κ3) is 6.36. The molecule has 1 aliphatic carbocycles. The zero-order valence-electron chi connectivity index (χ0n) is 32.2. The van der Waals surface area contributed by atoms with E-state index in [1.165, 1.54) is 49.4 Å². The SMILES string of the molecule is CC1(C)c2cc(C=Cc3ccc(N(c4ccc5ccccc5c4)c4ccc5ccccc5c4)cc3)ccc2-c2ccc(N(c3ccccc3)c3ccccc3)cc21. The molecule has 0 amide bonds. The molecule has 9 aromatic rings. The molecule has 0 fully saturated rings. The zero-order valence-corrected chi connectivity index (χ0v) is 32.2. The van der Waals surface area contributed by atoms with Crippen LogP contribution in [0.3, 0.4) is 0 Å². The summed E-state index contributed by atoms with van der Waals surface area (Å²) in [4.78, 5) is 4.71. The molecule has 0 bridgehead atoms. The number of nitrogens with zero attached hydrogens (tertiary/aromatic N) is 2. The predicted octanol–water partition coefficient (Wildman–Crippen LogP) is 15.4. The standard InChI is InChI=1S/C55H42N2/c1-55(2)53-35-40(25-33-51(53)52-34-32-50(38-54(52)55)56(45-17-5-3-6-18-45)46-19-7-4-8-20-46)22-21-39-23-28-47(29-24-39)57(48-30-26-41-13-9-11-15-43(41)36-48)49-31-27-42-14-10-12-16-44(42)37-49/h3-38H,1-2H3. The highest BCUT2D eigenvalue weighted by molar-refractivity contribution is 5.93. The molecule has 2 heteroatoms. The number of para-hydroxylation sites is 2. The molecule has 1 aliphatic rings. The van der Waals surface area contributed by atoms with E-state index in [2.05, 4.69) is 242 Å². The number of hydrogen-bond acceptors (Lipinski definition) is 2. The lowest BCUT2D eigenvalue weighted by Gasteiger charge is -2.28. The molecule has 0 saturated heterocycles. The molecule has 57 heavy (non-hydrogen) atoms.